The number of aryl methyl sites for hydroxylation is 2. The van der Waals surface area contributed by atoms with Crippen LogP contribution in [-0.2, 0) is 13.7 Å². The first-order valence-electron chi connectivity index (χ1n) is 6.71. The zero-order valence-corrected chi connectivity index (χ0v) is 14.2. The molecule has 0 saturated carbocycles. The minimum absolute atomic E-state index is 0.0808. The van der Waals surface area contributed by atoms with Crippen LogP contribution >= 0.6 is 15.9 Å². The number of benzene rings is 1. The standard InChI is InChI=1S/C15H19BrFN3O/c1-9(18-3)12-6-5-11(17)7-14(12)21-8-13-15(16)10(2)19-20(13)4/h5-7,9,18H,8H2,1-4H3. The fourth-order valence-corrected chi connectivity index (χ4v) is 2.58. The van der Waals surface area contributed by atoms with Crippen LogP contribution in [0.1, 0.15) is 29.9 Å². The van der Waals surface area contributed by atoms with E-state index in [4.69, 9.17) is 4.74 Å². The highest BCUT2D eigenvalue weighted by Gasteiger charge is 2.15. The number of nitrogens with zero attached hydrogens (tertiary/aromatic N) is 2. The summed E-state index contributed by atoms with van der Waals surface area (Å²) in [6.07, 6.45) is 0. The summed E-state index contributed by atoms with van der Waals surface area (Å²) in [6.45, 7) is 4.25. The number of hydrogen-bond acceptors (Lipinski definition) is 3. The Morgan fingerprint density at radius 3 is 2.76 bits per heavy atom. The second-order valence-corrected chi connectivity index (χ2v) is 5.74. The highest BCUT2D eigenvalue weighted by atomic mass is 79.9. The number of rotatable bonds is 5. The maximum Gasteiger partial charge on any atom is 0.131 e. The third kappa shape index (κ3) is 3.44. The first kappa shape index (κ1) is 16.0. The first-order valence-corrected chi connectivity index (χ1v) is 7.50. The Morgan fingerprint density at radius 2 is 2.19 bits per heavy atom. The summed E-state index contributed by atoms with van der Waals surface area (Å²) in [5.74, 6) is 0.236. The number of hydrogen-bond donors (Lipinski definition) is 1. The molecule has 0 fully saturated rings. The lowest BCUT2D eigenvalue weighted by atomic mass is 10.1. The van der Waals surface area contributed by atoms with E-state index in [9.17, 15) is 4.39 Å². The van der Waals surface area contributed by atoms with Gasteiger partial charge < -0.3 is 10.1 Å². The van der Waals surface area contributed by atoms with Crippen molar-refractivity contribution in [3.05, 3.63) is 45.4 Å². The van der Waals surface area contributed by atoms with Gasteiger partial charge in [-0.1, -0.05) is 6.07 Å². The second-order valence-electron chi connectivity index (χ2n) is 4.95. The van der Waals surface area contributed by atoms with Crippen molar-refractivity contribution in [2.45, 2.75) is 26.5 Å². The predicted octanol–water partition coefficient (Wildman–Crippen LogP) is 3.49. The Hall–Kier alpha value is -1.40. The van der Waals surface area contributed by atoms with Gasteiger partial charge in [-0.25, -0.2) is 4.39 Å². The van der Waals surface area contributed by atoms with E-state index in [0.717, 1.165) is 21.4 Å². The highest BCUT2D eigenvalue weighted by Crippen LogP contribution is 2.28. The Balaban J connectivity index is 2.25. The summed E-state index contributed by atoms with van der Waals surface area (Å²) in [5.41, 5.74) is 2.74. The van der Waals surface area contributed by atoms with Crippen LogP contribution in [0.25, 0.3) is 0 Å². The highest BCUT2D eigenvalue weighted by molar-refractivity contribution is 9.10. The quantitative estimate of drug-likeness (QED) is 0.892. The van der Waals surface area contributed by atoms with Gasteiger partial charge in [0.2, 0.25) is 0 Å². The Morgan fingerprint density at radius 1 is 1.48 bits per heavy atom. The molecule has 0 saturated heterocycles. The van der Waals surface area contributed by atoms with Crippen molar-refractivity contribution in [1.82, 2.24) is 15.1 Å². The normalized spacial score (nSPS) is 12.5. The van der Waals surface area contributed by atoms with E-state index < -0.39 is 0 Å². The maximum atomic E-state index is 13.5. The largest absolute Gasteiger partial charge is 0.487 e. The van der Waals surface area contributed by atoms with E-state index >= 15 is 0 Å². The molecule has 1 heterocycles. The lowest BCUT2D eigenvalue weighted by Crippen LogP contribution is -2.14. The van der Waals surface area contributed by atoms with Crippen molar-refractivity contribution in [3.8, 4) is 5.75 Å². The number of halogens is 2. The number of nitrogens with one attached hydrogen (secondary N) is 1. The van der Waals surface area contributed by atoms with Crippen molar-refractivity contribution in [3.63, 3.8) is 0 Å². The van der Waals surface area contributed by atoms with Gasteiger partial charge in [-0.15, -0.1) is 0 Å². The van der Waals surface area contributed by atoms with Crippen molar-refractivity contribution in [2.24, 2.45) is 7.05 Å². The number of ether oxygens (including phenoxy) is 1. The summed E-state index contributed by atoms with van der Waals surface area (Å²) in [5, 5.41) is 7.45. The minimum Gasteiger partial charge on any atom is -0.487 e. The Kier molecular flexibility index (Phi) is 5.00. The number of aromatic nitrogens is 2. The molecule has 0 radical (unpaired) electrons. The molecular formula is C15H19BrFN3O. The summed E-state index contributed by atoms with van der Waals surface area (Å²) in [4.78, 5) is 0. The second kappa shape index (κ2) is 6.58. The molecule has 1 atom stereocenters. The van der Waals surface area contributed by atoms with Crippen molar-refractivity contribution >= 4 is 15.9 Å². The molecule has 2 aromatic rings. The van der Waals surface area contributed by atoms with E-state index in [-0.39, 0.29) is 11.9 Å². The van der Waals surface area contributed by atoms with E-state index in [0.29, 0.717) is 12.4 Å². The van der Waals surface area contributed by atoms with E-state index in [2.05, 4.69) is 26.3 Å². The molecule has 114 valence electrons. The Labute approximate surface area is 132 Å². The minimum atomic E-state index is -0.308. The SMILES string of the molecule is CNC(C)c1ccc(F)cc1OCc1c(Br)c(C)nn1C. The topological polar surface area (TPSA) is 39.1 Å². The lowest BCUT2D eigenvalue weighted by molar-refractivity contribution is 0.287. The molecule has 2 rings (SSSR count). The van der Waals surface area contributed by atoms with Crippen LogP contribution in [0.15, 0.2) is 22.7 Å². The zero-order valence-electron chi connectivity index (χ0n) is 12.6. The van der Waals surface area contributed by atoms with E-state index in [1.807, 2.05) is 27.9 Å². The molecular weight excluding hydrogens is 337 g/mol. The van der Waals surface area contributed by atoms with E-state index in [1.54, 1.807) is 10.7 Å². The van der Waals surface area contributed by atoms with Gasteiger partial charge in [-0.2, -0.15) is 5.10 Å². The van der Waals surface area contributed by atoms with Crippen molar-refractivity contribution in [2.75, 3.05) is 7.05 Å². The third-order valence-electron chi connectivity index (χ3n) is 3.50. The fourth-order valence-electron chi connectivity index (χ4n) is 2.13. The molecule has 1 aromatic carbocycles. The van der Waals surface area contributed by atoms with Gasteiger partial charge >= 0.3 is 0 Å². The van der Waals surface area contributed by atoms with Crippen LogP contribution < -0.4 is 10.1 Å². The molecule has 0 aliphatic carbocycles. The molecule has 1 aromatic heterocycles. The van der Waals surface area contributed by atoms with Gasteiger partial charge in [-0.05, 0) is 42.9 Å². The first-order chi connectivity index (χ1) is 9.93. The Bertz CT molecular complexity index is 642. The average Bonchev–Trinajstić information content (AvgIpc) is 2.69. The molecule has 0 aliphatic rings. The molecule has 1 unspecified atom stereocenters. The zero-order chi connectivity index (χ0) is 15.6. The molecule has 0 amide bonds. The van der Waals surface area contributed by atoms with Crippen LogP contribution in [0.2, 0.25) is 0 Å². The molecule has 6 heteroatoms. The van der Waals surface area contributed by atoms with Gasteiger partial charge in [0.15, 0.2) is 0 Å². The molecule has 0 aliphatic heterocycles. The molecule has 0 bridgehead atoms. The van der Waals surface area contributed by atoms with Crippen LogP contribution in [0, 0.1) is 12.7 Å². The average molecular weight is 356 g/mol. The predicted molar refractivity (Wildman–Crippen MR) is 83.9 cm³/mol. The van der Waals surface area contributed by atoms with Gasteiger partial charge in [0.25, 0.3) is 0 Å². The van der Waals surface area contributed by atoms with E-state index in [1.165, 1.54) is 12.1 Å². The summed E-state index contributed by atoms with van der Waals surface area (Å²) < 4.78 is 22.0. The van der Waals surface area contributed by atoms with Gasteiger partial charge in [0, 0.05) is 24.7 Å². The monoisotopic (exact) mass is 355 g/mol. The van der Waals surface area contributed by atoms with Crippen LogP contribution in [-0.4, -0.2) is 16.8 Å². The molecule has 0 spiro atoms. The lowest BCUT2D eigenvalue weighted by Gasteiger charge is -2.17. The summed E-state index contributed by atoms with van der Waals surface area (Å²) in [7, 11) is 3.72. The smallest absolute Gasteiger partial charge is 0.131 e. The van der Waals surface area contributed by atoms with Crippen LogP contribution in [0.3, 0.4) is 0 Å². The summed E-state index contributed by atoms with van der Waals surface area (Å²) in [6, 6.07) is 4.69. The molecule has 4 nitrogen and oxygen atoms in total. The molecule has 1 N–H and O–H groups in total. The van der Waals surface area contributed by atoms with Gasteiger partial charge in [0.05, 0.1) is 15.9 Å². The van der Waals surface area contributed by atoms with Crippen LogP contribution in [0.5, 0.6) is 5.75 Å². The van der Waals surface area contributed by atoms with Crippen molar-refractivity contribution in [1.29, 1.82) is 0 Å². The third-order valence-corrected chi connectivity index (χ3v) is 4.53. The van der Waals surface area contributed by atoms with Crippen LogP contribution in [0.4, 0.5) is 4.39 Å². The summed E-state index contributed by atoms with van der Waals surface area (Å²) >= 11 is 3.50. The molecule has 21 heavy (non-hydrogen) atoms. The van der Waals surface area contributed by atoms with Crippen molar-refractivity contribution < 1.29 is 9.13 Å². The van der Waals surface area contributed by atoms with Gasteiger partial charge in [-0.3, -0.25) is 4.68 Å². The fraction of sp³-hybridized carbons (Fsp3) is 0.400. The van der Waals surface area contributed by atoms with Gasteiger partial charge in [0.1, 0.15) is 18.2 Å². The maximum absolute atomic E-state index is 13.5.